The highest BCUT2D eigenvalue weighted by Gasteiger charge is 2.09. The van der Waals surface area contributed by atoms with Crippen LogP contribution in [0, 0.1) is 37.3 Å². The van der Waals surface area contributed by atoms with Crippen molar-refractivity contribution in [3.05, 3.63) is 151 Å². The van der Waals surface area contributed by atoms with Gasteiger partial charge in [-0.1, -0.05) is 24.3 Å². The Morgan fingerprint density at radius 2 is 1.12 bits per heavy atom. The molecule has 0 saturated carbocycles. The quantitative estimate of drug-likeness (QED) is 0.0845. The average molecular weight is 768 g/mol. The van der Waals surface area contributed by atoms with Gasteiger partial charge in [0.1, 0.15) is 5.75 Å². The molecule has 9 aromatic rings. The van der Waals surface area contributed by atoms with Gasteiger partial charge in [0.2, 0.25) is 19.6 Å². The molecule has 6 aromatic heterocycles. The van der Waals surface area contributed by atoms with Gasteiger partial charge in [-0.3, -0.25) is 45.3 Å². The van der Waals surface area contributed by atoms with Crippen molar-refractivity contribution in [2.45, 2.75) is 26.2 Å². The molecule has 0 bridgehead atoms. The van der Waals surface area contributed by atoms with Crippen molar-refractivity contribution in [1.82, 2.24) is 29.9 Å². The second kappa shape index (κ2) is 16.9. The Morgan fingerprint density at radius 1 is 0.561 bits per heavy atom. The molecule has 3 aromatic carbocycles. The zero-order valence-corrected chi connectivity index (χ0v) is 30.8. The molecule has 16 nitrogen and oxygen atoms in total. The molecule has 6 heterocycles. The fourth-order valence-electron chi connectivity index (χ4n) is 6.71. The predicted octanol–water partition coefficient (Wildman–Crippen LogP) is 8.14. The van der Waals surface area contributed by atoms with Crippen LogP contribution >= 0.6 is 0 Å². The van der Waals surface area contributed by atoms with E-state index in [9.17, 15) is 30.3 Å². The van der Waals surface area contributed by atoms with Crippen LogP contribution in [-0.2, 0) is 12.8 Å². The molecule has 0 atom stereocenters. The van der Waals surface area contributed by atoms with E-state index in [-0.39, 0.29) is 36.1 Å². The summed E-state index contributed by atoms with van der Waals surface area (Å²) in [6.07, 6.45) is 10.8. The first kappa shape index (κ1) is 37.8. The Kier molecular flexibility index (Phi) is 11.2. The number of rotatable bonds is 11. The molecule has 0 spiro atoms. The third-order valence-corrected chi connectivity index (χ3v) is 9.40. The van der Waals surface area contributed by atoms with Gasteiger partial charge in [0.15, 0.2) is 6.61 Å². The number of aryl methyl sites for hydroxylation is 2. The SMILES string of the molecule is Cc1cnc2c(c1)[nH]c1cc(OCC[N+](=O)[O-])ccc12.O=[N+]([O-])CCCc1ccc2c(c1)[nH]c1ccncc12.O=[N+]([O-])CCc1ccc2c(c1)[nH]c1ccncc12. The maximum absolute atomic E-state index is 10.4. The molecule has 0 aliphatic carbocycles. The number of pyridine rings is 3. The van der Waals surface area contributed by atoms with Gasteiger partial charge in [-0.25, -0.2) is 0 Å². The van der Waals surface area contributed by atoms with Gasteiger partial charge >= 0.3 is 0 Å². The van der Waals surface area contributed by atoms with Gasteiger partial charge in [0.25, 0.3) is 0 Å². The van der Waals surface area contributed by atoms with Crippen LogP contribution in [0.1, 0.15) is 23.1 Å². The van der Waals surface area contributed by atoms with E-state index in [1.807, 2.05) is 80.1 Å². The van der Waals surface area contributed by atoms with E-state index in [0.717, 1.165) is 88.7 Å². The summed E-state index contributed by atoms with van der Waals surface area (Å²) in [7, 11) is 0. The zero-order chi connectivity index (χ0) is 39.9. The molecule has 0 aliphatic rings. The first-order valence-corrected chi connectivity index (χ1v) is 18.2. The summed E-state index contributed by atoms with van der Waals surface area (Å²) in [6, 6.07) is 23.5. The van der Waals surface area contributed by atoms with Crippen molar-refractivity contribution < 1.29 is 19.5 Å². The third kappa shape index (κ3) is 9.08. The summed E-state index contributed by atoms with van der Waals surface area (Å²) in [5.74, 6) is 0.614. The molecule has 0 fully saturated rings. The number of ether oxygens (including phenoxy) is 1. The first-order chi connectivity index (χ1) is 27.6. The normalized spacial score (nSPS) is 11.1. The Balaban J connectivity index is 0.000000131. The fourth-order valence-corrected chi connectivity index (χ4v) is 6.71. The summed E-state index contributed by atoms with van der Waals surface area (Å²) in [5, 5.41) is 36.4. The minimum Gasteiger partial charge on any atom is -0.487 e. The van der Waals surface area contributed by atoms with Crippen LogP contribution in [-0.4, -0.2) is 70.9 Å². The molecular formula is C41H37N9O7. The Labute approximate surface area is 323 Å². The molecule has 16 heteroatoms. The number of aromatic nitrogens is 6. The van der Waals surface area contributed by atoms with Gasteiger partial charge in [-0.05, 0) is 72.5 Å². The lowest BCUT2D eigenvalue weighted by Crippen LogP contribution is -2.10. The minimum atomic E-state index is -0.395. The first-order valence-electron chi connectivity index (χ1n) is 18.2. The van der Waals surface area contributed by atoms with Crippen LogP contribution in [0.25, 0.3) is 65.5 Å². The summed E-state index contributed by atoms with van der Waals surface area (Å²) < 4.78 is 5.36. The lowest BCUT2D eigenvalue weighted by Gasteiger charge is -2.02. The highest BCUT2D eigenvalue weighted by Crippen LogP contribution is 2.28. The Hall–Kier alpha value is -7.49. The lowest BCUT2D eigenvalue weighted by atomic mass is 10.1. The van der Waals surface area contributed by atoms with E-state index in [1.54, 1.807) is 18.5 Å². The van der Waals surface area contributed by atoms with Crippen LogP contribution in [0.2, 0.25) is 0 Å². The van der Waals surface area contributed by atoms with E-state index >= 15 is 0 Å². The molecule has 0 amide bonds. The average Bonchev–Trinajstić information content (AvgIpc) is 3.87. The van der Waals surface area contributed by atoms with E-state index in [0.29, 0.717) is 18.6 Å². The molecular weight excluding hydrogens is 731 g/mol. The standard InChI is InChI=1S/C14H13N3O3.C14H13N3O2.C13H11N3O2/c1-9-6-13-14(15-8-9)11-3-2-10(7-12(11)16-13)20-5-4-17(18)19;18-17(19)7-1-2-10-3-4-11-12-9-15-6-5-13(12)16-14(11)8-10;17-16(18)6-4-9-1-2-10-11-8-14-5-3-12(11)15-13(10)7-9/h2-3,6-8,16H,4-5H2,1H3;3-6,8-9,16H,1-2,7H2;1-3,5,7-8,15H,4,6H2. The summed E-state index contributed by atoms with van der Waals surface area (Å²) >= 11 is 0. The van der Waals surface area contributed by atoms with E-state index in [4.69, 9.17) is 4.74 Å². The van der Waals surface area contributed by atoms with E-state index < -0.39 is 4.92 Å². The maximum Gasteiger partial charge on any atom is 0.237 e. The smallest absolute Gasteiger partial charge is 0.237 e. The molecule has 0 aliphatic heterocycles. The second-order valence-electron chi connectivity index (χ2n) is 13.5. The van der Waals surface area contributed by atoms with Crippen LogP contribution in [0.15, 0.2) is 104 Å². The Morgan fingerprint density at radius 3 is 1.74 bits per heavy atom. The van der Waals surface area contributed by atoms with Crippen LogP contribution in [0.4, 0.5) is 0 Å². The number of fused-ring (bicyclic) bond motifs is 9. The van der Waals surface area contributed by atoms with Crippen LogP contribution < -0.4 is 4.74 Å². The molecule has 3 N–H and O–H groups in total. The van der Waals surface area contributed by atoms with Crippen LogP contribution in [0.3, 0.4) is 0 Å². The number of nitro groups is 3. The Bertz CT molecular complexity index is 2900. The van der Waals surface area contributed by atoms with Crippen LogP contribution in [0.5, 0.6) is 5.75 Å². The summed E-state index contributed by atoms with van der Waals surface area (Å²) in [5.41, 5.74) is 10.1. The van der Waals surface area contributed by atoms with Gasteiger partial charge in [-0.2, -0.15) is 0 Å². The molecule has 57 heavy (non-hydrogen) atoms. The van der Waals surface area contributed by atoms with Crippen molar-refractivity contribution in [2.24, 2.45) is 0 Å². The molecule has 0 saturated heterocycles. The van der Waals surface area contributed by atoms with E-state index in [1.165, 1.54) is 0 Å². The zero-order valence-electron chi connectivity index (χ0n) is 30.8. The number of hydrogen-bond donors (Lipinski definition) is 3. The molecule has 288 valence electrons. The van der Waals surface area contributed by atoms with Crippen molar-refractivity contribution in [3.8, 4) is 5.75 Å². The fraction of sp³-hybridized carbons (Fsp3) is 0.195. The molecule has 9 rings (SSSR count). The van der Waals surface area contributed by atoms with Crippen molar-refractivity contribution in [2.75, 3.05) is 26.2 Å². The van der Waals surface area contributed by atoms with Crippen molar-refractivity contribution in [3.63, 3.8) is 0 Å². The number of benzene rings is 3. The van der Waals surface area contributed by atoms with Gasteiger partial charge < -0.3 is 19.7 Å². The molecule has 0 unspecified atom stereocenters. The summed E-state index contributed by atoms with van der Waals surface area (Å²) in [4.78, 5) is 52.6. The minimum absolute atomic E-state index is 0.0225. The van der Waals surface area contributed by atoms with Gasteiger partial charge in [-0.15, -0.1) is 0 Å². The monoisotopic (exact) mass is 767 g/mol. The molecule has 0 radical (unpaired) electrons. The highest BCUT2D eigenvalue weighted by molar-refractivity contribution is 6.08. The number of nitrogens with zero attached hydrogens (tertiary/aromatic N) is 6. The number of hydrogen-bond acceptors (Lipinski definition) is 10. The topological polar surface area (TPSA) is 225 Å². The van der Waals surface area contributed by atoms with Gasteiger partial charge in [0, 0.05) is 114 Å². The number of aromatic amines is 3. The second-order valence-corrected chi connectivity index (χ2v) is 13.5. The maximum atomic E-state index is 10.4. The highest BCUT2D eigenvalue weighted by atomic mass is 16.6. The van der Waals surface area contributed by atoms with Gasteiger partial charge in [0.05, 0.1) is 16.6 Å². The predicted molar refractivity (Wildman–Crippen MR) is 219 cm³/mol. The van der Waals surface area contributed by atoms with E-state index in [2.05, 4.69) is 42.0 Å². The largest absolute Gasteiger partial charge is 0.487 e. The number of H-pyrrole nitrogens is 3. The van der Waals surface area contributed by atoms with Crippen molar-refractivity contribution in [1.29, 1.82) is 0 Å². The third-order valence-electron chi connectivity index (χ3n) is 9.40. The van der Waals surface area contributed by atoms with Crippen molar-refractivity contribution >= 4 is 65.5 Å². The lowest BCUT2D eigenvalue weighted by molar-refractivity contribution is -0.481. The number of nitrogens with one attached hydrogen (secondary N) is 3. The summed E-state index contributed by atoms with van der Waals surface area (Å²) in [6.45, 7) is 1.84.